The second kappa shape index (κ2) is 9.65. The normalized spacial score (nSPS) is 11.1. The van der Waals surface area contributed by atoms with Crippen molar-refractivity contribution in [3.8, 4) is 0 Å². The second-order valence-corrected chi connectivity index (χ2v) is 5.74. The highest BCUT2D eigenvalue weighted by Gasteiger charge is 2.14. The molecule has 0 saturated heterocycles. The number of hydrogen-bond acceptors (Lipinski definition) is 3. The van der Waals surface area contributed by atoms with Gasteiger partial charge in [-0.25, -0.2) is 0 Å². The first-order chi connectivity index (χ1) is 11.4. The van der Waals surface area contributed by atoms with Crippen LogP contribution in [0.1, 0.15) is 50.9 Å². The maximum Gasteiger partial charge on any atom is 0.249 e. The average Bonchev–Trinajstić information content (AvgIpc) is 2.54. The third-order valence-corrected chi connectivity index (χ3v) is 3.52. The summed E-state index contributed by atoms with van der Waals surface area (Å²) < 4.78 is 0. The lowest BCUT2D eigenvalue weighted by Crippen LogP contribution is -2.33. The zero-order chi connectivity index (χ0) is 18.1. The van der Waals surface area contributed by atoms with Crippen LogP contribution in [0.3, 0.4) is 0 Å². The van der Waals surface area contributed by atoms with Gasteiger partial charge < -0.3 is 10.2 Å². The van der Waals surface area contributed by atoms with Gasteiger partial charge in [0.05, 0.1) is 0 Å². The Morgan fingerprint density at radius 1 is 1.00 bits per heavy atom. The molecule has 1 N–H and O–H groups in total. The summed E-state index contributed by atoms with van der Waals surface area (Å²) in [5.74, 6) is -0.494. The third-order valence-electron chi connectivity index (χ3n) is 3.52. The van der Waals surface area contributed by atoms with Crippen molar-refractivity contribution in [3.05, 3.63) is 41.5 Å². The van der Waals surface area contributed by atoms with E-state index < -0.39 is 0 Å². The molecule has 1 rings (SSSR count). The van der Waals surface area contributed by atoms with Gasteiger partial charge in [0.15, 0.2) is 5.78 Å². The number of hydrogen-bond donors (Lipinski definition) is 1. The first kappa shape index (κ1) is 19.6. The number of carbonyl (C=O) groups is 3. The van der Waals surface area contributed by atoms with Crippen molar-refractivity contribution in [2.45, 2.75) is 40.5 Å². The molecule has 0 aromatic heterocycles. The summed E-state index contributed by atoms with van der Waals surface area (Å²) in [5.41, 5.74) is 1.58. The zero-order valence-electron chi connectivity index (χ0n) is 14.9. The van der Waals surface area contributed by atoms with Gasteiger partial charge >= 0.3 is 0 Å². The minimum atomic E-state index is -0.357. The molecule has 0 heterocycles. The summed E-state index contributed by atoms with van der Waals surface area (Å²) in [6.07, 6.45) is 3.08. The average molecular weight is 330 g/mol. The van der Waals surface area contributed by atoms with Crippen molar-refractivity contribution >= 4 is 23.3 Å². The van der Waals surface area contributed by atoms with E-state index in [1.54, 1.807) is 36.1 Å². The Morgan fingerprint density at radius 3 is 2.00 bits per heavy atom. The Hall–Kier alpha value is -2.43. The van der Waals surface area contributed by atoms with Gasteiger partial charge in [0.2, 0.25) is 11.8 Å². The molecule has 24 heavy (non-hydrogen) atoms. The van der Waals surface area contributed by atoms with Crippen LogP contribution in [-0.4, -0.2) is 35.6 Å². The molecule has 0 radical (unpaired) electrons. The van der Waals surface area contributed by atoms with Crippen molar-refractivity contribution in [2.24, 2.45) is 0 Å². The van der Waals surface area contributed by atoms with Crippen molar-refractivity contribution in [2.75, 3.05) is 18.4 Å². The molecule has 5 heteroatoms. The quantitative estimate of drug-likeness (QED) is 0.586. The maximum absolute atomic E-state index is 12.4. The first-order valence-corrected chi connectivity index (χ1v) is 8.28. The van der Waals surface area contributed by atoms with Crippen LogP contribution in [0, 0.1) is 0 Å². The number of rotatable bonds is 8. The first-order valence-electron chi connectivity index (χ1n) is 8.28. The number of anilines is 1. The Morgan fingerprint density at radius 2 is 1.54 bits per heavy atom. The van der Waals surface area contributed by atoms with E-state index in [9.17, 15) is 14.4 Å². The SMILES string of the molecule is CCCN(CCC)C(=O)/C(C)=C\C(=O)Nc1ccc(C(C)=O)cc1. The lowest BCUT2D eigenvalue weighted by molar-refractivity contribution is -0.127. The summed E-state index contributed by atoms with van der Waals surface area (Å²) in [4.78, 5) is 37.4. The zero-order valence-corrected chi connectivity index (χ0v) is 14.9. The van der Waals surface area contributed by atoms with Crippen LogP contribution in [0.25, 0.3) is 0 Å². The summed E-state index contributed by atoms with van der Waals surface area (Å²) >= 11 is 0. The van der Waals surface area contributed by atoms with Crippen molar-refractivity contribution < 1.29 is 14.4 Å². The third kappa shape index (κ3) is 5.99. The largest absolute Gasteiger partial charge is 0.339 e. The van der Waals surface area contributed by atoms with Gasteiger partial charge in [-0.15, -0.1) is 0 Å². The number of ketones is 1. The van der Waals surface area contributed by atoms with E-state index in [4.69, 9.17) is 0 Å². The fourth-order valence-corrected chi connectivity index (χ4v) is 2.33. The molecule has 1 aromatic carbocycles. The van der Waals surface area contributed by atoms with E-state index in [0.717, 1.165) is 12.8 Å². The van der Waals surface area contributed by atoms with Crippen molar-refractivity contribution in [1.29, 1.82) is 0 Å². The molecule has 1 aromatic rings. The van der Waals surface area contributed by atoms with Crippen LogP contribution in [0.4, 0.5) is 5.69 Å². The van der Waals surface area contributed by atoms with E-state index in [1.807, 2.05) is 13.8 Å². The predicted molar refractivity (Wildman–Crippen MR) is 96.0 cm³/mol. The molecule has 0 bridgehead atoms. The molecule has 0 fully saturated rings. The number of Topliss-reactive ketones (excluding diaryl/α,β-unsaturated/α-hetero) is 1. The number of benzene rings is 1. The highest BCUT2D eigenvalue weighted by Crippen LogP contribution is 2.11. The van der Waals surface area contributed by atoms with Gasteiger partial charge in [0, 0.05) is 36.0 Å². The number of nitrogens with one attached hydrogen (secondary N) is 1. The lowest BCUT2D eigenvalue weighted by Gasteiger charge is -2.21. The van der Waals surface area contributed by atoms with Gasteiger partial charge in [-0.3, -0.25) is 14.4 Å². The Labute approximate surface area is 143 Å². The van der Waals surface area contributed by atoms with Gasteiger partial charge in [-0.05, 0) is 51.0 Å². The smallest absolute Gasteiger partial charge is 0.249 e. The highest BCUT2D eigenvalue weighted by molar-refractivity contribution is 6.06. The molecular weight excluding hydrogens is 304 g/mol. The Balaban J connectivity index is 2.74. The highest BCUT2D eigenvalue weighted by atomic mass is 16.2. The molecule has 0 aliphatic carbocycles. The topological polar surface area (TPSA) is 66.5 Å². The maximum atomic E-state index is 12.4. The van der Waals surface area contributed by atoms with Crippen molar-refractivity contribution in [1.82, 2.24) is 4.90 Å². The molecule has 0 aliphatic rings. The second-order valence-electron chi connectivity index (χ2n) is 5.74. The van der Waals surface area contributed by atoms with E-state index in [1.165, 1.54) is 13.0 Å². The van der Waals surface area contributed by atoms with Crippen LogP contribution in [0.5, 0.6) is 0 Å². The molecule has 0 saturated carbocycles. The minimum Gasteiger partial charge on any atom is -0.339 e. The molecule has 2 amide bonds. The van der Waals surface area contributed by atoms with E-state index >= 15 is 0 Å². The fourth-order valence-electron chi connectivity index (χ4n) is 2.33. The molecule has 5 nitrogen and oxygen atoms in total. The van der Waals surface area contributed by atoms with Gasteiger partial charge in [-0.1, -0.05) is 13.8 Å². The number of amides is 2. The van der Waals surface area contributed by atoms with E-state index in [0.29, 0.717) is 29.9 Å². The van der Waals surface area contributed by atoms with E-state index in [-0.39, 0.29) is 17.6 Å². The molecular formula is C19H26N2O3. The summed E-state index contributed by atoms with van der Waals surface area (Å²) in [6.45, 7) is 8.56. The lowest BCUT2D eigenvalue weighted by atomic mass is 10.1. The minimum absolute atomic E-state index is 0.0267. The summed E-state index contributed by atoms with van der Waals surface area (Å²) in [7, 11) is 0. The molecule has 0 atom stereocenters. The van der Waals surface area contributed by atoms with Crippen LogP contribution in [-0.2, 0) is 9.59 Å². The number of carbonyl (C=O) groups excluding carboxylic acids is 3. The van der Waals surface area contributed by atoms with Crippen molar-refractivity contribution in [3.63, 3.8) is 0 Å². The van der Waals surface area contributed by atoms with Crippen LogP contribution < -0.4 is 5.32 Å². The Bertz CT molecular complexity index is 612. The van der Waals surface area contributed by atoms with Gasteiger partial charge in [-0.2, -0.15) is 0 Å². The van der Waals surface area contributed by atoms with Gasteiger partial charge in [0.25, 0.3) is 0 Å². The van der Waals surface area contributed by atoms with Gasteiger partial charge in [0.1, 0.15) is 0 Å². The number of nitrogens with zero attached hydrogens (tertiary/aromatic N) is 1. The van der Waals surface area contributed by atoms with Crippen LogP contribution in [0.2, 0.25) is 0 Å². The summed E-state index contributed by atoms with van der Waals surface area (Å²) in [5, 5.41) is 2.70. The summed E-state index contributed by atoms with van der Waals surface area (Å²) in [6, 6.07) is 6.65. The van der Waals surface area contributed by atoms with Crippen LogP contribution in [0.15, 0.2) is 35.9 Å². The monoisotopic (exact) mass is 330 g/mol. The molecule has 0 unspecified atom stereocenters. The standard InChI is InChI=1S/C19H26N2O3/c1-5-11-21(12-6-2)19(24)14(3)13-18(23)20-17-9-7-16(8-10-17)15(4)22/h7-10,13H,5-6,11-12H2,1-4H3,(H,20,23)/b14-13-. The van der Waals surface area contributed by atoms with Crippen LogP contribution >= 0.6 is 0 Å². The molecule has 0 aliphatic heterocycles. The fraction of sp³-hybridized carbons (Fsp3) is 0.421. The Kier molecular flexibility index (Phi) is 7.89. The predicted octanol–water partition coefficient (Wildman–Crippen LogP) is 3.42. The molecule has 130 valence electrons. The molecule has 0 spiro atoms. The van der Waals surface area contributed by atoms with E-state index in [2.05, 4.69) is 5.32 Å².